The first-order chi connectivity index (χ1) is 13.5. The molecule has 6 heteroatoms. The summed E-state index contributed by atoms with van der Waals surface area (Å²) in [5.41, 5.74) is 4.30. The first-order valence-electron chi connectivity index (χ1n) is 8.70. The van der Waals surface area contributed by atoms with Crippen LogP contribution in [0.15, 0.2) is 59.1 Å². The Bertz CT molecular complexity index is 961. The molecule has 0 aliphatic rings. The SMILES string of the molecule is COc1cc(CNc2ccc(C)cc2)cc(Br)c1OCc1ccc(Cl)c(Cl)c1. The van der Waals surface area contributed by atoms with Crippen molar-refractivity contribution in [1.82, 2.24) is 0 Å². The van der Waals surface area contributed by atoms with Crippen LogP contribution in [0.25, 0.3) is 0 Å². The highest BCUT2D eigenvalue weighted by Crippen LogP contribution is 2.37. The van der Waals surface area contributed by atoms with Crippen LogP contribution in [0.3, 0.4) is 0 Å². The summed E-state index contributed by atoms with van der Waals surface area (Å²) in [6, 6.07) is 17.7. The van der Waals surface area contributed by atoms with Gasteiger partial charge in [0.15, 0.2) is 11.5 Å². The zero-order valence-corrected chi connectivity index (χ0v) is 18.7. The molecule has 3 nitrogen and oxygen atoms in total. The molecule has 3 aromatic carbocycles. The van der Waals surface area contributed by atoms with E-state index in [0.717, 1.165) is 21.3 Å². The number of anilines is 1. The average molecular weight is 481 g/mol. The number of nitrogens with one attached hydrogen (secondary N) is 1. The van der Waals surface area contributed by atoms with Crippen LogP contribution >= 0.6 is 39.1 Å². The van der Waals surface area contributed by atoms with Crippen molar-refractivity contribution in [2.45, 2.75) is 20.1 Å². The molecule has 0 aliphatic heterocycles. The largest absolute Gasteiger partial charge is 0.493 e. The van der Waals surface area contributed by atoms with Crippen LogP contribution in [0.5, 0.6) is 11.5 Å². The quantitative estimate of drug-likeness (QED) is 0.385. The van der Waals surface area contributed by atoms with Gasteiger partial charge in [0.2, 0.25) is 0 Å². The van der Waals surface area contributed by atoms with E-state index in [9.17, 15) is 0 Å². The molecule has 0 fully saturated rings. The lowest BCUT2D eigenvalue weighted by Gasteiger charge is -2.15. The molecule has 0 spiro atoms. The Morgan fingerprint density at radius 3 is 2.36 bits per heavy atom. The number of hydrogen-bond acceptors (Lipinski definition) is 3. The molecule has 0 radical (unpaired) electrons. The van der Waals surface area contributed by atoms with Gasteiger partial charge in [0.1, 0.15) is 6.61 Å². The Morgan fingerprint density at radius 1 is 0.929 bits per heavy atom. The third kappa shape index (κ3) is 5.34. The molecule has 0 amide bonds. The van der Waals surface area contributed by atoms with Gasteiger partial charge in [-0.1, -0.05) is 47.0 Å². The van der Waals surface area contributed by atoms with Crippen LogP contribution in [-0.2, 0) is 13.2 Å². The monoisotopic (exact) mass is 479 g/mol. The van der Waals surface area contributed by atoms with Crippen molar-refractivity contribution in [3.8, 4) is 11.5 Å². The summed E-state index contributed by atoms with van der Waals surface area (Å²) in [6.45, 7) is 3.10. The van der Waals surface area contributed by atoms with Gasteiger partial charge in [-0.3, -0.25) is 0 Å². The molecule has 0 unspecified atom stereocenters. The maximum absolute atomic E-state index is 6.07. The van der Waals surface area contributed by atoms with E-state index in [-0.39, 0.29) is 0 Å². The highest BCUT2D eigenvalue weighted by Gasteiger charge is 2.12. The minimum atomic E-state index is 0.354. The lowest BCUT2D eigenvalue weighted by molar-refractivity contribution is 0.282. The zero-order chi connectivity index (χ0) is 20.1. The highest BCUT2D eigenvalue weighted by molar-refractivity contribution is 9.10. The van der Waals surface area contributed by atoms with Gasteiger partial charge < -0.3 is 14.8 Å². The molecular formula is C22H20BrCl2NO2. The summed E-state index contributed by atoms with van der Waals surface area (Å²) in [4.78, 5) is 0. The van der Waals surface area contributed by atoms with Gasteiger partial charge in [-0.2, -0.15) is 0 Å². The third-order valence-electron chi connectivity index (χ3n) is 4.20. The summed E-state index contributed by atoms with van der Waals surface area (Å²) in [7, 11) is 1.63. The number of rotatable bonds is 7. The van der Waals surface area contributed by atoms with Crippen molar-refractivity contribution < 1.29 is 9.47 Å². The standard InChI is InChI=1S/C22H20BrCl2NO2/c1-14-3-6-17(7-4-14)26-12-16-9-18(23)22(21(11-16)27-2)28-13-15-5-8-19(24)20(25)10-15/h3-11,26H,12-13H2,1-2H3. The van der Waals surface area contributed by atoms with Crippen molar-refractivity contribution >= 4 is 44.8 Å². The highest BCUT2D eigenvalue weighted by atomic mass is 79.9. The van der Waals surface area contributed by atoms with Crippen molar-refractivity contribution in [3.05, 3.63) is 85.8 Å². The maximum Gasteiger partial charge on any atom is 0.175 e. The van der Waals surface area contributed by atoms with Crippen molar-refractivity contribution in [1.29, 1.82) is 0 Å². The Balaban J connectivity index is 1.71. The fraction of sp³-hybridized carbons (Fsp3) is 0.182. The molecule has 28 heavy (non-hydrogen) atoms. The number of hydrogen-bond donors (Lipinski definition) is 1. The lowest BCUT2D eigenvalue weighted by atomic mass is 10.2. The van der Waals surface area contributed by atoms with Crippen LogP contribution in [-0.4, -0.2) is 7.11 Å². The number of benzene rings is 3. The average Bonchev–Trinajstić information content (AvgIpc) is 2.69. The van der Waals surface area contributed by atoms with Gasteiger partial charge >= 0.3 is 0 Å². The van der Waals surface area contributed by atoms with E-state index in [0.29, 0.717) is 34.7 Å². The minimum Gasteiger partial charge on any atom is -0.493 e. The fourth-order valence-electron chi connectivity index (χ4n) is 2.68. The molecule has 146 valence electrons. The third-order valence-corrected chi connectivity index (χ3v) is 5.53. The van der Waals surface area contributed by atoms with Crippen LogP contribution < -0.4 is 14.8 Å². The molecule has 0 saturated carbocycles. The Labute approximate surface area is 183 Å². The van der Waals surface area contributed by atoms with Gasteiger partial charge in [0.25, 0.3) is 0 Å². The number of methoxy groups -OCH3 is 1. The molecule has 0 saturated heterocycles. The van der Waals surface area contributed by atoms with E-state index in [1.807, 2.05) is 18.2 Å². The number of halogens is 3. The topological polar surface area (TPSA) is 30.5 Å². The van der Waals surface area contributed by atoms with Crippen molar-refractivity contribution in [2.75, 3.05) is 12.4 Å². The number of ether oxygens (including phenoxy) is 2. The molecule has 0 atom stereocenters. The summed E-state index contributed by atoms with van der Waals surface area (Å²) in [5.74, 6) is 1.31. The van der Waals surface area contributed by atoms with E-state index in [4.69, 9.17) is 32.7 Å². The van der Waals surface area contributed by atoms with Gasteiger partial charge in [0, 0.05) is 12.2 Å². The molecule has 3 aromatic rings. The van der Waals surface area contributed by atoms with Gasteiger partial charge in [0.05, 0.1) is 21.6 Å². The molecule has 0 bridgehead atoms. The summed E-state index contributed by atoms with van der Waals surface area (Å²) in [6.07, 6.45) is 0. The molecular weight excluding hydrogens is 461 g/mol. The molecule has 3 rings (SSSR count). The maximum atomic E-state index is 6.07. The van der Waals surface area contributed by atoms with Crippen LogP contribution in [0, 0.1) is 6.92 Å². The van der Waals surface area contributed by atoms with Crippen LogP contribution in [0.4, 0.5) is 5.69 Å². The first kappa shape index (κ1) is 20.8. The normalized spacial score (nSPS) is 10.6. The Hall–Kier alpha value is -1.88. The van der Waals surface area contributed by atoms with E-state index >= 15 is 0 Å². The Kier molecular flexibility index (Phi) is 7.11. The summed E-state index contributed by atoms with van der Waals surface area (Å²) < 4.78 is 12.3. The van der Waals surface area contributed by atoms with E-state index < -0.39 is 0 Å². The smallest absolute Gasteiger partial charge is 0.175 e. The predicted octanol–water partition coefficient (Wildman–Crippen LogP) is 7.26. The molecule has 1 N–H and O–H groups in total. The van der Waals surface area contributed by atoms with Crippen LogP contribution in [0.1, 0.15) is 16.7 Å². The fourth-order valence-corrected chi connectivity index (χ4v) is 3.60. The molecule has 0 heterocycles. The molecule has 0 aliphatic carbocycles. The van der Waals surface area contributed by atoms with Crippen molar-refractivity contribution in [2.24, 2.45) is 0 Å². The molecule has 0 aromatic heterocycles. The second-order valence-electron chi connectivity index (χ2n) is 6.37. The zero-order valence-electron chi connectivity index (χ0n) is 15.6. The summed E-state index contributed by atoms with van der Waals surface area (Å²) in [5, 5.41) is 4.44. The van der Waals surface area contributed by atoms with E-state index in [1.54, 1.807) is 19.2 Å². The second kappa shape index (κ2) is 9.55. The van der Waals surface area contributed by atoms with E-state index in [2.05, 4.69) is 52.4 Å². The predicted molar refractivity (Wildman–Crippen MR) is 120 cm³/mol. The number of aryl methyl sites for hydroxylation is 1. The minimum absolute atomic E-state index is 0.354. The lowest BCUT2D eigenvalue weighted by Crippen LogP contribution is -2.03. The first-order valence-corrected chi connectivity index (χ1v) is 10.2. The van der Waals surface area contributed by atoms with E-state index in [1.165, 1.54) is 5.56 Å². The van der Waals surface area contributed by atoms with Gasteiger partial charge in [-0.25, -0.2) is 0 Å². The van der Waals surface area contributed by atoms with Crippen LogP contribution in [0.2, 0.25) is 10.0 Å². The summed E-state index contributed by atoms with van der Waals surface area (Å²) >= 11 is 15.6. The van der Waals surface area contributed by atoms with Gasteiger partial charge in [-0.15, -0.1) is 0 Å². The Morgan fingerprint density at radius 2 is 1.68 bits per heavy atom. The van der Waals surface area contributed by atoms with Crippen molar-refractivity contribution in [3.63, 3.8) is 0 Å². The second-order valence-corrected chi connectivity index (χ2v) is 8.03. The van der Waals surface area contributed by atoms with Gasteiger partial charge in [-0.05, 0) is 70.4 Å².